The first-order chi connectivity index (χ1) is 15.5. The molecule has 0 bridgehead atoms. The summed E-state index contributed by atoms with van der Waals surface area (Å²) in [6, 6.07) is 12.4. The van der Waals surface area contributed by atoms with Crippen molar-refractivity contribution in [2.75, 3.05) is 11.4 Å². The van der Waals surface area contributed by atoms with E-state index in [1.807, 2.05) is 4.72 Å². The van der Waals surface area contributed by atoms with Crippen LogP contribution in [-0.2, 0) is 25.8 Å². The van der Waals surface area contributed by atoms with Gasteiger partial charge < -0.3 is 4.90 Å². The summed E-state index contributed by atoms with van der Waals surface area (Å²) in [7, 11) is -4.21. The molecule has 176 valence electrons. The normalized spacial score (nSPS) is 12.8. The Labute approximate surface area is 190 Å². The van der Waals surface area contributed by atoms with Gasteiger partial charge in [0.1, 0.15) is 5.92 Å². The van der Waals surface area contributed by atoms with E-state index in [1.165, 1.54) is 12.2 Å². The number of hydrogen-bond donors (Lipinski definition) is 1. The third-order valence-electron chi connectivity index (χ3n) is 4.59. The minimum Gasteiger partial charge on any atom is -0.312 e. The maximum atomic E-state index is 13.0. The number of benzene rings is 2. The third kappa shape index (κ3) is 7.31. The van der Waals surface area contributed by atoms with Crippen LogP contribution in [0.2, 0.25) is 0 Å². The van der Waals surface area contributed by atoms with Gasteiger partial charge in [-0.1, -0.05) is 36.4 Å². The van der Waals surface area contributed by atoms with Gasteiger partial charge in [-0.15, -0.1) is 6.58 Å². The van der Waals surface area contributed by atoms with Gasteiger partial charge in [-0.25, -0.2) is 13.1 Å². The van der Waals surface area contributed by atoms with Gasteiger partial charge in [0.25, 0.3) is 10.0 Å². The van der Waals surface area contributed by atoms with Gasteiger partial charge in [0.15, 0.2) is 0 Å². The molecule has 0 fully saturated rings. The van der Waals surface area contributed by atoms with Crippen LogP contribution in [-0.4, -0.2) is 26.8 Å². The number of alkyl halides is 3. The van der Waals surface area contributed by atoms with E-state index < -0.39 is 39.5 Å². The van der Waals surface area contributed by atoms with Crippen molar-refractivity contribution in [1.82, 2.24) is 4.72 Å². The van der Waals surface area contributed by atoms with Crippen molar-refractivity contribution in [1.29, 1.82) is 0 Å². The summed E-state index contributed by atoms with van der Waals surface area (Å²) in [5.74, 6) is -3.27. The van der Waals surface area contributed by atoms with Crippen LogP contribution in [0.3, 0.4) is 0 Å². The summed E-state index contributed by atoms with van der Waals surface area (Å²) in [5, 5.41) is 0.809. The van der Waals surface area contributed by atoms with Crippen molar-refractivity contribution in [2.24, 2.45) is 5.92 Å². The fourth-order valence-electron chi connectivity index (χ4n) is 2.95. The number of nitrogens with one attached hydrogen (secondary N) is 1. The quantitative estimate of drug-likeness (QED) is 0.427. The Balaban J connectivity index is 2.22. The largest absolute Gasteiger partial charge is 0.416 e. The molecule has 0 saturated heterocycles. The molecule has 0 aliphatic heterocycles. The molecule has 10 heteroatoms. The van der Waals surface area contributed by atoms with Gasteiger partial charge in [0, 0.05) is 12.2 Å². The molecule has 1 N–H and O–H groups in total. The van der Waals surface area contributed by atoms with Gasteiger partial charge in [-0.3, -0.25) is 9.59 Å². The number of rotatable bonds is 9. The Bertz CT molecular complexity index is 1110. The predicted molar refractivity (Wildman–Crippen MR) is 120 cm³/mol. The van der Waals surface area contributed by atoms with E-state index in [1.54, 1.807) is 37.3 Å². The number of nitrogens with zero attached hydrogens (tertiary/aromatic N) is 1. The zero-order valence-corrected chi connectivity index (χ0v) is 18.6. The van der Waals surface area contributed by atoms with E-state index in [0.29, 0.717) is 5.56 Å². The first kappa shape index (κ1) is 25.9. The molecule has 0 saturated carbocycles. The molecule has 0 heterocycles. The minimum atomic E-state index is -4.54. The van der Waals surface area contributed by atoms with Crippen LogP contribution in [0, 0.1) is 5.92 Å². The van der Waals surface area contributed by atoms with E-state index in [4.69, 9.17) is 0 Å². The van der Waals surface area contributed by atoms with Crippen LogP contribution in [0.25, 0.3) is 6.08 Å². The minimum absolute atomic E-state index is 0.0474. The number of carbonyl (C=O) groups is 2. The number of halogens is 3. The molecular formula is C23H23F3N2O4S. The molecule has 2 amide bonds. The maximum Gasteiger partial charge on any atom is 0.416 e. The lowest BCUT2D eigenvalue weighted by molar-refractivity contribution is -0.137. The number of hydrogen-bond acceptors (Lipinski definition) is 4. The highest BCUT2D eigenvalue weighted by Crippen LogP contribution is 2.31. The fraction of sp³-hybridized carbons (Fsp3) is 0.217. The van der Waals surface area contributed by atoms with Crippen LogP contribution >= 0.6 is 0 Å². The Morgan fingerprint density at radius 2 is 1.70 bits per heavy atom. The topological polar surface area (TPSA) is 83.5 Å². The monoisotopic (exact) mass is 480 g/mol. The zero-order chi connectivity index (χ0) is 24.6. The molecule has 0 aliphatic carbocycles. The average Bonchev–Trinajstić information content (AvgIpc) is 2.76. The molecule has 2 aromatic rings. The first-order valence-electron chi connectivity index (χ1n) is 9.88. The standard InChI is InChI=1S/C23H23F3N2O4S/c1-3-8-20(21(29)27-33(31,32)16-15-17-9-6-5-7-10-17)22(30)28(4-2)19-13-11-18(12-14-19)23(24,25)26/h3,5-7,9-16,20H,1,4,8H2,2H3,(H,27,29)/b16-15+. The fourth-order valence-corrected chi connectivity index (χ4v) is 3.78. The third-order valence-corrected chi connectivity index (χ3v) is 5.57. The second kappa shape index (κ2) is 11.0. The summed E-state index contributed by atoms with van der Waals surface area (Å²) in [6.07, 6.45) is -2.12. The molecule has 0 aliphatic rings. The van der Waals surface area contributed by atoms with Crippen molar-refractivity contribution in [3.8, 4) is 0 Å². The molecule has 0 radical (unpaired) electrons. The smallest absolute Gasteiger partial charge is 0.312 e. The van der Waals surface area contributed by atoms with Gasteiger partial charge in [0.05, 0.1) is 11.0 Å². The molecule has 2 aromatic carbocycles. The highest BCUT2D eigenvalue weighted by atomic mass is 32.2. The summed E-state index contributed by atoms with van der Waals surface area (Å²) in [6.45, 7) is 5.12. The lowest BCUT2D eigenvalue weighted by atomic mass is 10.0. The Hall–Kier alpha value is -3.40. The van der Waals surface area contributed by atoms with Crippen molar-refractivity contribution in [3.63, 3.8) is 0 Å². The lowest BCUT2D eigenvalue weighted by Gasteiger charge is -2.25. The highest BCUT2D eigenvalue weighted by Gasteiger charge is 2.33. The lowest BCUT2D eigenvalue weighted by Crippen LogP contribution is -2.45. The predicted octanol–water partition coefficient (Wildman–Crippen LogP) is 4.37. The van der Waals surface area contributed by atoms with Crippen molar-refractivity contribution in [3.05, 3.63) is 83.8 Å². The molecule has 1 unspecified atom stereocenters. The van der Waals surface area contributed by atoms with Gasteiger partial charge in [0.2, 0.25) is 11.8 Å². The maximum absolute atomic E-state index is 13.0. The average molecular weight is 481 g/mol. The van der Waals surface area contributed by atoms with Crippen LogP contribution in [0.15, 0.2) is 72.7 Å². The number of amides is 2. The molecule has 1 atom stereocenters. The van der Waals surface area contributed by atoms with Crippen molar-refractivity contribution < 1.29 is 31.2 Å². The van der Waals surface area contributed by atoms with E-state index in [9.17, 15) is 31.2 Å². The molecule has 0 spiro atoms. The van der Waals surface area contributed by atoms with Gasteiger partial charge >= 0.3 is 6.18 Å². The number of sulfonamides is 1. The number of carbonyl (C=O) groups excluding carboxylic acids is 2. The summed E-state index contributed by atoms with van der Waals surface area (Å²) >= 11 is 0. The zero-order valence-electron chi connectivity index (χ0n) is 17.7. The Kier molecular flexibility index (Phi) is 8.58. The Morgan fingerprint density at radius 3 is 2.21 bits per heavy atom. The summed E-state index contributed by atoms with van der Waals surface area (Å²) in [4.78, 5) is 26.8. The van der Waals surface area contributed by atoms with Crippen LogP contribution in [0.5, 0.6) is 0 Å². The summed E-state index contributed by atoms with van der Waals surface area (Å²) < 4.78 is 64.9. The molecule has 2 rings (SSSR count). The van der Waals surface area contributed by atoms with Crippen LogP contribution in [0.1, 0.15) is 24.5 Å². The SMILES string of the molecule is C=CCC(C(=O)NS(=O)(=O)/C=C/c1ccccc1)C(=O)N(CC)c1ccc(C(F)(F)F)cc1. The van der Waals surface area contributed by atoms with E-state index in [-0.39, 0.29) is 18.7 Å². The second-order valence-electron chi connectivity index (χ2n) is 6.93. The van der Waals surface area contributed by atoms with Crippen molar-refractivity contribution in [2.45, 2.75) is 19.5 Å². The second-order valence-corrected chi connectivity index (χ2v) is 8.50. The molecule has 6 nitrogen and oxygen atoms in total. The van der Waals surface area contributed by atoms with E-state index in [0.717, 1.165) is 34.6 Å². The molecule has 0 aromatic heterocycles. The van der Waals surface area contributed by atoms with Crippen LogP contribution in [0.4, 0.5) is 18.9 Å². The Morgan fingerprint density at radius 1 is 1.09 bits per heavy atom. The highest BCUT2D eigenvalue weighted by molar-refractivity contribution is 7.93. The van der Waals surface area contributed by atoms with E-state index >= 15 is 0 Å². The van der Waals surface area contributed by atoms with Gasteiger partial charge in [-0.2, -0.15) is 13.2 Å². The van der Waals surface area contributed by atoms with Crippen LogP contribution < -0.4 is 9.62 Å². The number of allylic oxidation sites excluding steroid dienone is 1. The summed E-state index contributed by atoms with van der Waals surface area (Å²) in [5.41, 5.74) is -0.149. The first-order valence-corrected chi connectivity index (χ1v) is 11.4. The van der Waals surface area contributed by atoms with Crippen molar-refractivity contribution >= 4 is 33.6 Å². The molecular weight excluding hydrogens is 457 g/mol. The molecule has 33 heavy (non-hydrogen) atoms. The van der Waals surface area contributed by atoms with Gasteiger partial charge in [-0.05, 0) is 49.2 Å². The number of anilines is 1. The van der Waals surface area contributed by atoms with E-state index in [2.05, 4.69) is 6.58 Å².